The number of carbonyl (C=O) groups excluding carboxylic acids is 5. The minimum atomic E-state index is -3.57. The molecule has 1 aliphatic heterocycles. The topological polar surface area (TPSA) is 171 Å². The number of sulfone groups is 1. The van der Waals surface area contributed by atoms with Gasteiger partial charge >= 0.3 is 6.03 Å². The summed E-state index contributed by atoms with van der Waals surface area (Å²) in [6.45, 7) is 17.4. The molecule has 12 nitrogen and oxygen atoms in total. The van der Waals surface area contributed by atoms with E-state index in [0.717, 1.165) is 70.6 Å². The van der Waals surface area contributed by atoms with E-state index in [0.29, 0.717) is 44.9 Å². The van der Waals surface area contributed by atoms with Crippen LogP contribution in [0.1, 0.15) is 164 Å². The standard InChI is InChI=1S/C42H73N5O7S/c1-9-12-14-15-16-18-22-33(45-39(52)46-42(26-19-17-20-27-42)29-55(53,54)40(4,5)6)38(51)47-28-25-31(41(7,8)11-3)34(47)36(49)44-32(21-13-10-2)35(48)37(50)43-30-23-24-30/h11,30-34H,3,9-10,12-29H2,1-2,4-8H3,(H,43,50)(H,44,49)(H2,45,46,52)/t31-,32-,33-,34-/m0/s1. The van der Waals surface area contributed by atoms with Crippen molar-refractivity contribution in [2.75, 3.05) is 12.3 Å². The number of amides is 5. The van der Waals surface area contributed by atoms with Gasteiger partial charge < -0.3 is 26.2 Å². The van der Waals surface area contributed by atoms with Crippen LogP contribution >= 0.6 is 0 Å². The molecule has 2 saturated carbocycles. The number of nitrogens with zero attached hydrogens (tertiary/aromatic N) is 1. The fourth-order valence-corrected chi connectivity index (χ4v) is 9.53. The van der Waals surface area contributed by atoms with Crippen LogP contribution in [0, 0.1) is 11.3 Å². The van der Waals surface area contributed by atoms with E-state index < -0.39 is 73.2 Å². The van der Waals surface area contributed by atoms with Crippen LogP contribution in [0.5, 0.6) is 0 Å². The Morgan fingerprint density at radius 3 is 2.00 bits per heavy atom. The Labute approximate surface area is 331 Å². The number of carbonyl (C=O) groups is 5. The van der Waals surface area contributed by atoms with E-state index in [9.17, 15) is 32.4 Å². The van der Waals surface area contributed by atoms with Crippen molar-refractivity contribution in [3.63, 3.8) is 0 Å². The number of allylic oxidation sites excluding steroid dienone is 1. The lowest BCUT2D eigenvalue weighted by molar-refractivity contribution is -0.144. The minimum absolute atomic E-state index is 0.0103. The Hall–Kier alpha value is -2.96. The molecule has 55 heavy (non-hydrogen) atoms. The summed E-state index contributed by atoms with van der Waals surface area (Å²) in [5.41, 5.74) is -1.52. The third-order valence-corrected chi connectivity index (χ3v) is 14.9. The molecule has 5 amide bonds. The molecular formula is C42H73N5O7S. The predicted octanol–water partition coefficient (Wildman–Crippen LogP) is 6.27. The molecule has 4 N–H and O–H groups in total. The Kier molecular flexibility index (Phi) is 17.3. The Bertz CT molecular complexity index is 1450. The molecule has 1 saturated heterocycles. The summed E-state index contributed by atoms with van der Waals surface area (Å²) >= 11 is 0. The van der Waals surface area contributed by atoms with Crippen molar-refractivity contribution in [2.24, 2.45) is 11.3 Å². The minimum Gasteiger partial charge on any atom is -0.347 e. The van der Waals surface area contributed by atoms with Crippen LogP contribution in [-0.2, 0) is 29.0 Å². The van der Waals surface area contributed by atoms with Gasteiger partial charge in [0.05, 0.1) is 22.1 Å². The summed E-state index contributed by atoms with van der Waals surface area (Å²) < 4.78 is 25.9. The van der Waals surface area contributed by atoms with Crippen LogP contribution in [0.15, 0.2) is 12.7 Å². The average Bonchev–Trinajstić information content (AvgIpc) is 3.82. The van der Waals surface area contributed by atoms with Gasteiger partial charge in [-0.25, -0.2) is 13.2 Å². The zero-order valence-electron chi connectivity index (χ0n) is 35.0. The maximum absolute atomic E-state index is 14.7. The molecule has 1 heterocycles. The zero-order valence-corrected chi connectivity index (χ0v) is 35.8. The summed E-state index contributed by atoms with van der Waals surface area (Å²) in [7, 11) is -3.57. The normalized spacial score (nSPS) is 21.3. The summed E-state index contributed by atoms with van der Waals surface area (Å²) in [5, 5.41) is 11.6. The molecule has 0 unspecified atom stereocenters. The van der Waals surface area contributed by atoms with Crippen molar-refractivity contribution >= 4 is 39.4 Å². The van der Waals surface area contributed by atoms with Gasteiger partial charge in [-0.2, -0.15) is 0 Å². The molecule has 4 atom stereocenters. The van der Waals surface area contributed by atoms with Crippen molar-refractivity contribution in [1.82, 2.24) is 26.2 Å². The first kappa shape index (κ1) is 46.4. The lowest BCUT2D eigenvalue weighted by Crippen LogP contribution is -2.62. The lowest BCUT2D eigenvalue weighted by atomic mass is 9.74. The van der Waals surface area contributed by atoms with Crippen molar-refractivity contribution in [2.45, 2.75) is 198 Å². The third kappa shape index (κ3) is 13.3. The fraction of sp³-hybridized carbons (Fsp3) is 0.833. The smallest absolute Gasteiger partial charge is 0.315 e. The van der Waals surface area contributed by atoms with Crippen LogP contribution in [0.3, 0.4) is 0 Å². The van der Waals surface area contributed by atoms with E-state index in [1.807, 2.05) is 20.8 Å². The monoisotopic (exact) mass is 792 g/mol. The van der Waals surface area contributed by atoms with Gasteiger partial charge in [0, 0.05) is 12.6 Å². The Morgan fingerprint density at radius 2 is 1.42 bits per heavy atom. The number of hydrogen-bond donors (Lipinski definition) is 4. The Morgan fingerprint density at radius 1 is 0.818 bits per heavy atom. The summed E-state index contributed by atoms with van der Waals surface area (Å²) in [4.78, 5) is 70.8. The summed E-state index contributed by atoms with van der Waals surface area (Å²) in [5.74, 6) is -2.81. The van der Waals surface area contributed by atoms with Crippen molar-refractivity contribution in [3.05, 3.63) is 12.7 Å². The first-order chi connectivity index (χ1) is 25.8. The van der Waals surface area contributed by atoms with E-state index in [4.69, 9.17) is 0 Å². The number of ketones is 1. The second-order valence-electron chi connectivity index (χ2n) is 18.1. The number of likely N-dealkylation sites (tertiary alicyclic amines) is 1. The molecule has 314 valence electrons. The quantitative estimate of drug-likeness (QED) is 0.0569. The van der Waals surface area contributed by atoms with Crippen LogP contribution in [0.4, 0.5) is 4.79 Å². The van der Waals surface area contributed by atoms with E-state index in [1.165, 1.54) is 0 Å². The molecule has 0 radical (unpaired) electrons. The van der Waals surface area contributed by atoms with E-state index >= 15 is 0 Å². The molecule has 0 bridgehead atoms. The predicted molar refractivity (Wildman–Crippen MR) is 218 cm³/mol. The van der Waals surface area contributed by atoms with Gasteiger partial charge in [0.2, 0.25) is 17.6 Å². The fourth-order valence-electron chi connectivity index (χ4n) is 8.01. The van der Waals surface area contributed by atoms with Gasteiger partial charge in [-0.1, -0.05) is 104 Å². The third-order valence-electron chi connectivity index (χ3n) is 12.1. The second kappa shape index (κ2) is 20.5. The molecule has 2 aliphatic carbocycles. The molecule has 13 heteroatoms. The van der Waals surface area contributed by atoms with Gasteiger partial charge in [-0.3, -0.25) is 19.2 Å². The van der Waals surface area contributed by atoms with Gasteiger partial charge in [0.25, 0.3) is 5.91 Å². The lowest BCUT2D eigenvalue weighted by Gasteiger charge is -2.40. The van der Waals surface area contributed by atoms with Crippen LogP contribution < -0.4 is 21.3 Å². The number of nitrogens with one attached hydrogen (secondary N) is 4. The molecule has 0 aromatic heterocycles. The number of urea groups is 1. The number of Topliss-reactive ketones (excluding diaryl/α,β-unsaturated/α-hetero) is 1. The maximum atomic E-state index is 14.7. The average molecular weight is 792 g/mol. The van der Waals surface area contributed by atoms with Gasteiger partial charge in [-0.05, 0) is 77.0 Å². The number of unbranched alkanes of at least 4 members (excludes halogenated alkanes) is 6. The van der Waals surface area contributed by atoms with Gasteiger partial charge in [0.1, 0.15) is 12.1 Å². The zero-order chi connectivity index (χ0) is 41.0. The van der Waals surface area contributed by atoms with Crippen molar-refractivity contribution in [3.8, 4) is 0 Å². The first-order valence-electron chi connectivity index (χ1n) is 21.2. The van der Waals surface area contributed by atoms with E-state index in [1.54, 1.807) is 31.7 Å². The molecular weight excluding hydrogens is 719 g/mol. The molecule has 0 spiro atoms. The van der Waals surface area contributed by atoms with Crippen LogP contribution in [0.2, 0.25) is 0 Å². The summed E-state index contributed by atoms with van der Waals surface area (Å²) in [6.07, 6.45) is 15.4. The van der Waals surface area contributed by atoms with Crippen LogP contribution in [0.25, 0.3) is 0 Å². The molecule has 0 aromatic carbocycles. The highest BCUT2D eigenvalue weighted by Gasteiger charge is 2.50. The maximum Gasteiger partial charge on any atom is 0.315 e. The van der Waals surface area contributed by atoms with E-state index in [-0.39, 0.29) is 24.3 Å². The first-order valence-corrected chi connectivity index (χ1v) is 22.9. The molecule has 3 aliphatic rings. The Balaban J connectivity index is 1.91. The highest BCUT2D eigenvalue weighted by Crippen LogP contribution is 2.40. The highest BCUT2D eigenvalue weighted by atomic mass is 32.2. The van der Waals surface area contributed by atoms with Crippen LogP contribution in [-0.4, -0.2) is 89.6 Å². The number of rotatable bonds is 22. The molecule has 3 rings (SSSR count). The van der Waals surface area contributed by atoms with Gasteiger partial charge in [-0.15, -0.1) is 6.58 Å². The van der Waals surface area contributed by atoms with Gasteiger partial charge in [0.15, 0.2) is 9.84 Å². The van der Waals surface area contributed by atoms with Crippen molar-refractivity contribution in [1.29, 1.82) is 0 Å². The largest absolute Gasteiger partial charge is 0.347 e. The molecule has 3 fully saturated rings. The number of hydrogen-bond acceptors (Lipinski definition) is 7. The second-order valence-corrected chi connectivity index (χ2v) is 20.9. The SMILES string of the molecule is C=CC(C)(C)[C@H]1CCN(C(=O)[C@H](CCCCCCCC)NC(=O)NC2(CS(=O)(=O)C(C)(C)C)CCCCC2)[C@@H]1C(=O)N[C@@H](CCCC)C(=O)C(=O)NC1CC1. The van der Waals surface area contributed by atoms with E-state index in [2.05, 4.69) is 34.8 Å². The van der Waals surface area contributed by atoms with Crippen molar-refractivity contribution < 1.29 is 32.4 Å². The highest BCUT2D eigenvalue weighted by molar-refractivity contribution is 7.92. The molecule has 0 aromatic rings. The summed E-state index contributed by atoms with van der Waals surface area (Å²) in [6, 6.07) is -3.57.